The molecule has 2 aromatic rings. The highest BCUT2D eigenvalue weighted by Crippen LogP contribution is 2.47. The number of fused-ring (bicyclic) bond motifs is 2. The first-order valence-corrected chi connectivity index (χ1v) is 10.2. The maximum atomic E-state index is 13.0. The Bertz CT molecular complexity index is 1030. The van der Waals surface area contributed by atoms with E-state index in [1.54, 1.807) is 43.2 Å². The van der Waals surface area contributed by atoms with Gasteiger partial charge in [0.05, 0.1) is 11.4 Å². The molecule has 2 amide bonds. The first kappa shape index (κ1) is 20.3. The van der Waals surface area contributed by atoms with Crippen LogP contribution in [0.15, 0.2) is 54.6 Å². The van der Waals surface area contributed by atoms with Crippen molar-refractivity contribution in [2.45, 2.75) is 31.8 Å². The van der Waals surface area contributed by atoms with Gasteiger partial charge in [-0.25, -0.2) is 0 Å². The predicted molar refractivity (Wildman–Crippen MR) is 116 cm³/mol. The molecule has 4 rings (SSSR count). The fourth-order valence-corrected chi connectivity index (χ4v) is 4.41. The molecule has 2 atom stereocenters. The number of hydrogen-bond acceptors (Lipinski definition) is 4. The van der Waals surface area contributed by atoms with Gasteiger partial charge in [0, 0.05) is 37.2 Å². The standard InChI is InChI=1S/C24H26N2O4/c1-16(7-5-6-14-27)24(30)19-15-18(11-12-21(19)25(2)23(24)29)26-20-9-4-3-8-17(20)10-13-22(26)28/h3-5,7-9,11-12,15-16,27,30H,6,10,13-14H2,1-2H3/b7-5+/t16-,24+/m1/s1. The van der Waals surface area contributed by atoms with E-state index in [-0.39, 0.29) is 12.5 Å². The zero-order valence-corrected chi connectivity index (χ0v) is 17.2. The lowest BCUT2D eigenvalue weighted by molar-refractivity contribution is -0.139. The molecular formula is C24H26N2O4. The third-order valence-electron chi connectivity index (χ3n) is 6.11. The minimum Gasteiger partial charge on any atom is -0.396 e. The van der Waals surface area contributed by atoms with Crippen LogP contribution in [0.5, 0.6) is 0 Å². The van der Waals surface area contributed by atoms with Crippen molar-refractivity contribution in [1.29, 1.82) is 0 Å². The number of rotatable bonds is 5. The maximum Gasteiger partial charge on any atom is 0.264 e. The summed E-state index contributed by atoms with van der Waals surface area (Å²) in [7, 11) is 1.64. The van der Waals surface area contributed by atoms with Gasteiger partial charge in [0.1, 0.15) is 0 Å². The van der Waals surface area contributed by atoms with Crippen LogP contribution in [0.2, 0.25) is 0 Å². The number of aliphatic hydroxyl groups excluding tert-OH is 1. The summed E-state index contributed by atoms with van der Waals surface area (Å²) in [5.74, 6) is -0.910. The number of carbonyl (C=O) groups excluding carboxylic acids is 2. The van der Waals surface area contributed by atoms with Gasteiger partial charge < -0.3 is 15.1 Å². The van der Waals surface area contributed by atoms with Crippen LogP contribution >= 0.6 is 0 Å². The zero-order valence-electron chi connectivity index (χ0n) is 17.2. The monoisotopic (exact) mass is 406 g/mol. The largest absolute Gasteiger partial charge is 0.396 e. The van der Waals surface area contributed by atoms with Crippen LogP contribution in [-0.4, -0.2) is 35.7 Å². The topological polar surface area (TPSA) is 81.1 Å². The SMILES string of the molecule is C[C@H](/C=C/CCO)[C@@]1(O)C(=O)N(C)c2ccc(N3C(=O)CCc4ccccc43)cc21. The van der Waals surface area contributed by atoms with E-state index in [9.17, 15) is 14.7 Å². The molecule has 0 fully saturated rings. The number of hydrogen-bond donors (Lipinski definition) is 2. The second-order valence-corrected chi connectivity index (χ2v) is 7.92. The summed E-state index contributed by atoms with van der Waals surface area (Å²) in [5.41, 5.74) is 1.96. The van der Waals surface area contributed by atoms with Crippen LogP contribution in [0, 0.1) is 5.92 Å². The molecule has 0 unspecified atom stereocenters. The number of likely N-dealkylation sites (N-methyl/N-ethyl adjacent to an activating group) is 1. The lowest BCUT2D eigenvalue weighted by Crippen LogP contribution is -2.43. The Morgan fingerprint density at radius 1 is 1.13 bits per heavy atom. The summed E-state index contributed by atoms with van der Waals surface area (Å²) in [5, 5.41) is 20.5. The maximum absolute atomic E-state index is 13.0. The average molecular weight is 406 g/mol. The van der Waals surface area contributed by atoms with Crippen molar-refractivity contribution in [3.63, 3.8) is 0 Å². The molecule has 0 spiro atoms. The van der Waals surface area contributed by atoms with Crippen molar-refractivity contribution in [2.24, 2.45) is 5.92 Å². The Hall–Kier alpha value is -2.96. The van der Waals surface area contributed by atoms with Crippen molar-refractivity contribution in [2.75, 3.05) is 23.5 Å². The summed E-state index contributed by atoms with van der Waals surface area (Å²) < 4.78 is 0. The van der Waals surface area contributed by atoms with Gasteiger partial charge in [-0.05, 0) is 42.7 Å². The van der Waals surface area contributed by atoms with E-state index in [1.807, 2.05) is 30.3 Å². The highest BCUT2D eigenvalue weighted by atomic mass is 16.3. The molecule has 0 saturated carbocycles. The van der Waals surface area contributed by atoms with Crippen molar-refractivity contribution >= 4 is 28.9 Å². The molecule has 6 heteroatoms. The molecule has 30 heavy (non-hydrogen) atoms. The first-order chi connectivity index (χ1) is 14.4. The van der Waals surface area contributed by atoms with Crippen LogP contribution < -0.4 is 9.80 Å². The second-order valence-electron chi connectivity index (χ2n) is 7.92. The summed E-state index contributed by atoms with van der Waals surface area (Å²) >= 11 is 0. The van der Waals surface area contributed by atoms with Crippen molar-refractivity contribution in [3.8, 4) is 0 Å². The molecule has 0 bridgehead atoms. The van der Waals surface area contributed by atoms with Gasteiger partial charge in [0.25, 0.3) is 5.91 Å². The molecule has 2 N–H and O–H groups in total. The third kappa shape index (κ3) is 3.04. The highest BCUT2D eigenvalue weighted by Gasteiger charge is 2.51. The zero-order chi connectivity index (χ0) is 21.5. The second kappa shape index (κ2) is 7.70. The normalized spacial score (nSPS) is 21.9. The van der Waals surface area contributed by atoms with Crippen molar-refractivity contribution < 1.29 is 19.8 Å². The highest BCUT2D eigenvalue weighted by molar-refractivity contribution is 6.08. The fraction of sp³-hybridized carbons (Fsp3) is 0.333. The molecule has 2 aromatic carbocycles. The van der Waals surface area contributed by atoms with E-state index in [2.05, 4.69) is 0 Å². The quantitative estimate of drug-likeness (QED) is 0.748. The van der Waals surface area contributed by atoms with E-state index < -0.39 is 17.4 Å². The molecule has 0 aliphatic carbocycles. The van der Waals surface area contributed by atoms with E-state index in [1.165, 1.54) is 4.90 Å². The lowest BCUT2D eigenvalue weighted by Gasteiger charge is -2.31. The molecule has 0 saturated heterocycles. The van der Waals surface area contributed by atoms with Crippen LogP contribution in [0.25, 0.3) is 0 Å². The number of nitrogens with zero attached hydrogens (tertiary/aromatic N) is 2. The molecule has 0 radical (unpaired) electrons. The first-order valence-electron chi connectivity index (χ1n) is 10.2. The van der Waals surface area contributed by atoms with Gasteiger partial charge in [0.2, 0.25) is 5.91 Å². The van der Waals surface area contributed by atoms with Crippen LogP contribution in [0.4, 0.5) is 17.1 Å². The molecule has 156 valence electrons. The number of anilines is 3. The van der Waals surface area contributed by atoms with Gasteiger partial charge in [-0.1, -0.05) is 37.3 Å². The van der Waals surface area contributed by atoms with E-state index in [4.69, 9.17) is 5.11 Å². The molecule has 0 aromatic heterocycles. The van der Waals surface area contributed by atoms with E-state index in [0.29, 0.717) is 36.2 Å². The summed E-state index contributed by atoms with van der Waals surface area (Å²) in [6, 6.07) is 13.2. The number of benzene rings is 2. The van der Waals surface area contributed by atoms with Crippen LogP contribution in [0.1, 0.15) is 30.9 Å². The van der Waals surface area contributed by atoms with Crippen molar-refractivity contribution in [1.82, 2.24) is 0 Å². The van der Waals surface area contributed by atoms with Crippen molar-refractivity contribution in [3.05, 3.63) is 65.7 Å². The van der Waals surface area contributed by atoms with Crippen LogP contribution in [0.3, 0.4) is 0 Å². The van der Waals surface area contributed by atoms with Gasteiger partial charge in [-0.3, -0.25) is 14.5 Å². The molecule has 6 nitrogen and oxygen atoms in total. The van der Waals surface area contributed by atoms with Crippen LogP contribution in [-0.2, 0) is 21.6 Å². The minimum absolute atomic E-state index is 0.00666. The molecular weight excluding hydrogens is 380 g/mol. The Morgan fingerprint density at radius 2 is 1.90 bits per heavy atom. The van der Waals surface area contributed by atoms with Gasteiger partial charge in [-0.15, -0.1) is 0 Å². The van der Waals surface area contributed by atoms with E-state index in [0.717, 1.165) is 11.3 Å². The molecule has 2 aliphatic rings. The molecule has 2 heterocycles. The Labute approximate surface area is 176 Å². The Morgan fingerprint density at radius 3 is 2.67 bits per heavy atom. The number of aliphatic hydroxyl groups is 2. The summed E-state index contributed by atoms with van der Waals surface area (Å²) in [6.07, 6.45) is 5.09. The summed E-state index contributed by atoms with van der Waals surface area (Å²) in [6.45, 7) is 1.79. The average Bonchev–Trinajstić information content (AvgIpc) is 2.95. The minimum atomic E-state index is -1.73. The number of carbonyl (C=O) groups is 2. The Balaban J connectivity index is 1.81. The van der Waals surface area contributed by atoms with Gasteiger partial charge >= 0.3 is 0 Å². The van der Waals surface area contributed by atoms with Gasteiger partial charge in [0.15, 0.2) is 5.60 Å². The van der Waals surface area contributed by atoms with Gasteiger partial charge in [-0.2, -0.15) is 0 Å². The molecule has 2 aliphatic heterocycles. The summed E-state index contributed by atoms with van der Waals surface area (Å²) in [4.78, 5) is 29.0. The number of para-hydroxylation sites is 1. The fourth-order valence-electron chi connectivity index (χ4n) is 4.41. The Kier molecular flexibility index (Phi) is 5.22. The van der Waals surface area contributed by atoms with E-state index >= 15 is 0 Å². The smallest absolute Gasteiger partial charge is 0.264 e. The lowest BCUT2D eigenvalue weighted by atomic mass is 9.82. The number of aryl methyl sites for hydroxylation is 1. The third-order valence-corrected chi connectivity index (χ3v) is 6.11. The number of amides is 2. The predicted octanol–water partition coefficient (Wildman–Crippen LogP) is 3.04.